The zero-order valence-corrected chi connectivity index (χ0v) is 13.0. The van der Waals surface area contributed by atoms with E-state index < -0.39 is 5.97 Å². The molecule has 1 aliphatic heterocycles. The van der Waals surface area contributed by atoms with E-state index in [-0.39, 0.29) is 24.5 Å². The van der Waals surface area contributed by atoms with Crippen molar-refractivity contribution >= 4 is 12.0 Å². The first kappa shape index (κ1) is 16.8. The van der Waals surface area contributed by atoms with E-state index in [1.165, 1.54) is 4.90 Å². The molecule has 5 heteroatoms. The molecule has 0 bridgehead atoms. The second-order valence-electron chi connectivity index (χ2n) is 6.06. The quantitative estimate of drug-likeness (QED) is 0.844. The Morgan fingerprint density at radius 3 is 2.55 bits per heavy atom. The molecule has 0 spiro atoms. The van der Waals surface area contributed by atoms with Crippen LogP contribution in [-0.4, -0.2) is 52.6 Å². The van der Waals surface area contributed by atoms with Gasteiger partial charge in [0.2, 0.25) is 0 Å². The van der Waals surface area contributed by atoms with Gasteiger partial charge in [-0.3, -0.25) is 4.79 Å². The zero-order valence-electron chi connectivity index (χ0n) is 13.0. The monoisotopic (exact) mass is 284 g/mol. The summed E-state index contributed by atoms with van der Waals surface area (Å²) in [5, 5.41) is 9.01. The number of amides is 2. The number of rotatable bonds is 5. The number of hydrogen-bond acceptors (Lipinski definition) is 2. The number of carbonyl (C=O) groups excluding carboxylic acids is 1. The molecule has 1 fully saturated rings. The lowest BCUT2D eigenvalue weighted by atomic mass is 10.1. The third kappa shape index (κ3) is 5.02. The minimum atomic E-state index is -0.943. The molecule has 0 aromatic carbocycles. The number of urea groups is 1. The van der Waals surface area contributed by atoms with E-state index in [4.69, 9.17) is 5.11 Å². The molecule has 1 unspecified atom stereocenters. The normalized spacial score (nSPS) is 19.8. The summed E-state index contributed by atoms with van der Waals surface area (Å²) in [5.74, 6) is -0.674. The predicted octanol–water partition coefficient (Wildman–Crippen LogP) is 2.80. The summed E-state index contributed by atoms with van der Waals surface area (Å²) in [4.78, 5) is 27.1. The van der Waals surface area contributed by atoms with Gasteiger partial charge in [0.15, 0.2) is 0 Å². The standard InChI is InChI=1S/C15H28N2O3/c1-4-13-8-6-5-7-9-17(13)15(20)16(10-12(2)3)11-14(18)19/h12-13H,4-11H2,1-3H3,(H,18,19). The maximum Gasteiger partial charge on any atom is 0.323 e. The summed E-state index contributed by atoms with van der Waals surface area (Å²) in [7, 11) is 0. The number of carbonyl (C=O) groups is 2. The third-order valence-electron chi connectivity index (χ3n) is 3.78. The number of nitrogens with zero attached hydrogens (tertiary/aromatic N) is 2. The van der Waals surface area contributed by atoms with Crippen LogP contribution in [0.3, 0.4) is 0 Å². The first-order chi connectivity index (χ1) is 9.45. The van der Waals surface area contributed by atoms with E-state index in [1.807, 2.05) is 18.7 Å². The van der Waals surface area contributed by atoms with Crippen LogP contribution >= 0.6 is 0 Å². The van der Waals surface area contributed by atoms with E-state index in [0.29, 0.717) is 6.54 Å². The molecule has 20 heavy (non-hydrogen) atoms. The fraction of sp³-hybridized carbons (Fsp3) is 0.867. The SMILES string of the molecule is CCC1CCCCCN1C(=O)N(CC(=O)O)CC(C)C. The highest BCUT2D eigenvalue weighted by molar-refractivity contribution is 5.80. The van der Waals surface area contributed by atoms with Crippen molar-refractivity contribution in [2.24, 2.45) is 5.92 Å². The molecule has 0 radical (unpaired) electrons. The zero-order chi connectivity index (χ0) is 15.1. The Kier molecular flexibility index (Phi) is 6.82. The Morgan fingerprint density at radius 2 is 2.00 bits per heavy atom. The van der Waals surface area contributed by atoms with Crippen molar-refractivity contribution in [3.8, 4) is 0 Å². The third-order valence-corrected chi connectivity index (χ3v) is 3.78. The Bertz CT molecular complexity index is 331. The second kappa shape index (κ2) is 8.12. The molecule has 0 aromatic heterocycles. The van der Waals surface area contributed by atoms with E-state index >= 15 is 0 Å². The highest BCUT2D eigenvalue weighted by Gasteiger charge is 2.29. The Balaban J connectivity index is 2.81. The minimum Gasteiger partial charge on any atom is -0.480 e. The van der Waals surface area contributed by atoms with Crippen molar-refractivity contribution < 1.29 is 14.7 Å². The lowest BCUT2D eigenvalue weighted by Crippen LogP contribution is -2.50. The van der Waals surface area contributed by atoms with Crippen molar-refractivity contribution in [2.75, 3.05) is 19.6 Å². The van der Waals surface area contributed by atoms with E-state index in [9.17, 15) is 9.59 Å². The van der Waals surface area contributed by atoms with Crippen LogP contribution in [0.2, 0.25) is 0 Å². The van der Waals surface area contributed by atoms with Crippen LogP contribution in [0.4, 0.5) is 4.79 Å². The smallest absolute Gasteiger partial charge is 0.323 e. The number of likely N-dealkylation sites (tertiary alicyclic amines) is 1. The van der Waals surface area contributed by atoms with E-state index in [1.54, 1.807) is 0 Å². The summed E-state index contributed by atoms with van der Waals surface area (Å²) in [5.41, 5.74) is 0. The molecule has 1 rings (SSSR count). The number of carboxylic acids is 1. The lowest BCUT2D eigenvalue weighted by Gasteiger charge is -2.35. The average Bonchev–Trinajstić information content (AvgIpc) is 2.60. The molecule has 1 aliphatic rings. The summed E-state index contributed by atoms with van der Waals surface area (Å²) < 4.78 is 0. The average molecular weight is 284 g/mol. The maximum absolute atomic E-state index is 12.7. The topological polar surface area (TPSA) is 60.9 Å². The van der Waals surface area contributed by atoms with Gasteiger partial charge in [-0.25, -0.2) is 4.79 Å². The van der Waals surface area contributed by atoms with Crippen LogP contribution in [0.5, 0.6) is 0 Å². The molecule has 1 heterocycles. The fourth-order valence-corrected chi connectivity index (χ4v) is 2.85. The van der Waals surface area contributed by atoms with Gasteiger partial charge in [-0.15, -0.1) is 0 Å². The van der Waals surface area contributed by atoms with Crippen LogP contribution in [-0.2, 0) is 4.79 Å². The molecule has 0 aromatic rings. The van der Waals surface area contributed by atoms with E-state index in [2.05, 4.69) is 6.92 Å². The summed E-state index contributed by atoms with van der Waals surface area (Å²) >= 11 is 0. The molecule has 1 atom stereocenters. The Hall–Kier alpha value is -1.26. The Morgan fingerprint density at radius 1 is 1.30 bits per heavy atom. The molecule has 1 N–H and O–H groups in total. The number of aliphatic carboxylic acids is 1. The number of hydrogen-bond donors (Lipinski definition) is 1. The highest BCUT2D eigenvalue weighted by atomic mass is 16.4. The molecule has 2 amide bonds. The molecule has 5 nitrogen and oxygen atoms in total. The molecular weight excluding hydrogens is 256 g/mol. The molecular formula is C15H28N2O3. The van der Waals surface area contributed by atoms with E-state index in [0.717, 1.165) is 38.6 Å². The summed E-state index contributed by atoms with van der Waals surface area (Å²) in [6.45, 7) is 7.15. The fourth-order valence-electron chi connectivity index (χ4n) is 2.85. The molecule has 0 saturated carbocycles. The first-order valence-electron chi connectivity index (χ1n) is 7.73. The van der Waals surface area contributed by atoms with Crippen molar-refractivity contribution in [2.45, 2.75) is 58.9 Å². The van der Waals surface area contributed by atoms with Gasteiger partial charge in [-0.05, 0) is 25.2 Å². The van der Waals surface area contributed by atoms with Crippen LogP contribution in [0.25, 0.3) is 0 Å². The Labute approximate surface area is 121 Å². The lowest BCUT2D eigenvalue weighted by molar-refractivity contribution is -0.137. The van der Waals surface area contributed by atoms with Gasteiger partial charge in [0, 0.05) is 19.1 Å². The van der Waals surface area contributed by atoms with Crippen molar-refractivity contribution in [3.05, 3.63) is 0 Å². The summed E-state index contributed by atoms with van der Waals surface area (Å²) in [6.07, 6.45) is 5.30. The van der Waals surface area contributed by atoms with Crippen LogP contribution in [0.1, 0.15) is 52.9 Å². The molecule has 116 valence electrons. The number of carboxylic acid groups (broad SMARTS) is 1. The second-order valence-corrected chi connectivity index (χ2v) is 6.06. The molecule has 1 saturated heterocycles. The van der Waals surface area contributed by atoms with Gasteiger partial charge in [0.25, 0.3) is 0 Å². The van der Waals surface area contributed by atoms with Crippen molar-refractivity contribution in [3.63, 3.8) is 0 Å². The van der Waals surface area contributed by atoms with Gasteiger partial charge >= 0.3 is 12.0 Å². The van der Waals surface area contributed by atoms with Gasteiger partial charge in [-0.1, -0.05) is 33.6 Å². The van der Waals surface area contributed by atoms with Crippen molar-refractivity contribution in [1.82, 2.24) is 9.80 Å². The minimum absolute atomic E-state index is 0.102. The van der Waals surface area contributed by atoms with Crippen LogP contribution in [0.15, 0.2) is 0 Å². The highest BCUT2D eigenvalue weighted by Crippen LogP contribution is 2.21. The van der Waals surface area contributed by atoms with Crippen molar-refractivity contribution in [1.29, 1.82) is 0 Å². The van der Waals surface area contributed by atoms with Gasteiger partial charge in [0.1, 0.15) is 6.54 Å². The van der Waals surface area contributed by atoms with Gasteiger partial charge in [0.05, 0.1) is 0 Å². The van der Waals surface area contributed by atoms with Gasteiger partial charge in [-0.2, -0.15) is 0 Å². The summed E-state index contributed by atoms with van der Waals surface area (Å²) in [6, 6.07) is 0.156. The van der Waals surface area contributed by atoms with Gasteiger partial charge < -0.3 is 14.9 Å². The van der Waals surface area contributed by atoms with Crippen LogP contribution < -0.4 is 0 Å². The van der Waals surface area contributed by atoms with Crippen LogP contribution in [0, 0.1) is 5.92 Å². The molecule has 0 aliphatic carbocycles. The first-order valence-corrected chi connectivity index (χ1v) is 7.73. The predicted molar refractivity (Wildman–Crippen MR) is 78.7 cm³/mol. The largest absolute Gasteiger partial charge is 0.480 e. The maximum atomic E-state index is 12.7.